The second kappa shape index (κ2) is 10.7. The average Bonchev–Trinajstić information content (AvgIpc) is 3.04. The van der Waals surface area contributed by atoms with Crippen LogP contribution in [0.5, 0.6) is 0 Å². The number of ether oxygens (including phenoxy) is 2. The maximum atomic E-state index is 12.3. The number of rotatable bonds is 5. The molecule has 2 aliphatic heterocycles. The second-order valence-corrected chi connectivity index (χ2v) is 6.23. The van der Waals surface area contributed by atoms with Crippen molar-refractivity contribution in [1.29, 1.82) is 0 Å². The minimum absolute atomic E-state index is 0. The third-order valence-corrected chi connectivity index (χ3v) is 4.21. The average molecular weight is 480 g/mol. The summed E-state index contributed by atoms with van der Waals surface area (Å²) in [4.78, 5) is 7.57. The van der Waals surface area contributed by atoms with Gasteiger partial charge in [-0.25, -0.2) is 0 Å². The molecule has 0 spiro atoms. The van der Waals surface area contributed by atoms with E-state index in [0.717, 1.165) is 19.4 Å². The summed E-state index contributed by atoms with van der Waals surface area (Å²) in [5.74, 6) is 0.696. The number of nitrogens with zero attached hydrogens (tertiary/aromatic N) is 3. The van der Waals surface area contributed by atoms with Gasteiger partial charge in [-0.05, 0) is 19.9 Å². The zero-order valence-corrected chi connectivity index (χ0v) is 17.0. The number of hydrogen-bond donors (Lipinski definition) is 1. The molecule has 0 radical (unpaired) electrons. The molecule has 148 valence electrons. The zero-order valence-electron chi connectivity index (χ0n) is 14.7. The summed E-state index contributed by atoms with van der Waals surface area (Å²) < 4.78 is 48.4. The maximum Gasteiger partial charge on any atom is 0.401 e. The van der Waals surface area contributed by atoms with Gasteiger partial charge in [0.2, 0.25) is 0 Å². The van der Waals surface area contributed by atoms with Gasteiger partial charge in [0, 0.05) is 39.8 Å². The van der Waals surface area contributed by atoms with Crippen LogP contribution < -0.4 is 5.32 Å². The molecule has 0 amide bonds. The Kier molecular flexibility index (Phi) is 9.75. The van der Waals surface area contributed by atoms with Gasteiger partial charge in [-0.3, -0.25) is 9.89 Å². The number of likely N-dealkylation sites (N-methyl/N-ethyl adjacent to an activating group) is 1. The maximum absolute atomic E-state index is 12.3. The van der Waals surface area contributed by atoms with Gasteiger partial charge in [-0.1, -0.05) is 0 Å². The molecule has 0 bridgehead atoms. The van der Waals surface area contributed by atoms with Gasteiger partial charge in [0.25, 0.3) is 0 Å². The van der Waals surface area contributed by atoms with Gasteiger partial charge in [0.15, 0.2) is 5.96 Å². The molecule has 2 saturated heterocycles. The first kappa shape index (κ1) is 22.7. The lowest BCUT2D eigenvalue weighted by molar-refractivity contribution is -0.142. The van der Waals surface area contributed by atoms with Crippen molar-refractivity contribution < 1.29 is 22.6 Å². The molecule has 0 saturated carbocycles. The van der Waals surface area contributed by atoms with Crippen molar-refractivity contribution in [3.63, 3.8) is 0 Å². The summed E-state index contributed by atoms with van der Waals surface area (Å²) in [6.45, 7) is 2.55. The molecule has 0 aromatic rings. The van der Waals surface area contributed by atoms with Gasteiger partial charge in [-0.2, -0.15) is 13.2 Å². The molecular weight excluding hydrogens is 452 g/mol. The Morgan fingerprint density at radius 1 is 1.28 bits per heavy atom. The molecule has 2 unspecified atom stereocenters. The minimum Gasteiger partial charge on any atom is -0.375 e. The number of nitrogens with one attached hydrogen (secondary N) is 1. The minimum atomic E-state index is -4.17. The van der Waals surface area contributed by atoms with E-state index in [1.54, 1.807) is 7.05 Å². The van der Waals surface area contributed by atoms with Crippen molar-refractivity contribution in [2.75, 3.05) is 60.0 Å². The van der Waals surface area contributed by atoms with Crippen molar-refractivity contribution in [2.45, 2.75) is 31.2 Å². The first-order valence-electron chi connectivity index (χ1n) is 8.33. The van der Waals surface area contributed by atoms with Crippen molar-refractivity contribution in [2.24, 2.45) is 4.99 Å². The van der Waals surface area contributed by atoms with Gasteiger partial charge in [0.05, 0.1) is 19.3 Å². The van der Waals surface area contributed by atoms with Crippen LogP contribution >= 0.6 is 24.0 Å². The Hall–Kier alpha value is -0.330. The number of aliphatic imine (C=N–C) groups is 1. The highest BCUT2D eigenvalue weighted by molar-refractivity contribution is 14.0. The van der Waals surface area contributed by atoms with Crippen LogP contribution in [-0.2, 0) is 9.47 Å². The Labute approximate surface area is 164 Å². The summed E-state index contributed by atoms with van der Waals surface area (Å²) in [6.07, 6.45) is -1.96. The Morgan fingerprint density at radius 3 is 2.60 bits per heavy atom. The molecule has 2 aliphatic rings. The SMILES string of the molecule is CN=C(NCCN(C)CC(F)(F)F)N1CCOC(C2CCCO2)C1.I. The van der Waals surface area contributed by atoms with Crippen molar-refractivity contribution >= 4 is 29.9 Å². The number of hydrogen-bond acceptors (Lipinski definition) is 4. The monoisotopic (exact) mass is 480 g/mol. The van der Waals surface area contributed by atoms with E-state index in [9.17, 15) is 13.2 Å². The fourth-order valence-corrected chi connectivity index (χ4v) is 3.06. The van der Waals surface area contributed by atoms with Crippen LogP contribution in [0.25, 0.3) is 0 Å². The predicted octanol–water partition coefficient (Wildman–Crippen LogP) is 1.55. The van der Waals surface area contributed by atoms with Crippen LogP contribution in [0.1, 0.15) is 12.8 Å². The Bertz CT molecular complexity index is 420. The van der Waals surface area contributed by atoms with E-state index in [4.69, 9.17) is 9.47 Å². The lowest BCUT2D eigenvalue weighted by Crippen LogP contribution is -2.54. The lowest BCUT2D eigenvalue weighted by Gasteiger charge is -2.37. The number of halogens is 4. The van der Waals surface area contributed by atoms with Gasteiger partial charge < -0.3 is 19.7 Å². The largest absolute Gasteiger partial charge is 0.401 e. The van der Waals surface area contributed by atoms with Gasteiger partial charge in [0.1, 0.15) is 6.10 Å². The summed E-state index contributed by atoms with van der Waals surface area (Å²) in [5, 5.41) is 3.14. The molecular formula is C15H28F3IN4O2. The van der Waals surface area contributed by atoms with E-state index in [0.29, 0.717) is 32.2 Å². The molecule has 0 aromatic heterocycles. The molecule has 2 rings (SSSR count). The topological polar surface area (TPSA) is 49.3 Å². The molecule has 2 atom stereocenters. The number of guanidine groups is 1. The second-order valence-electron chi connectivity index (χ2n) is 6.23. The molecule has 0 aliphatic carbocycles. The highest BCUT2D eigenvalue weighted by Crippen LogP contribution is 2.21. The zero-order chi connectivity index (χ0) is 17.6. The molecule has 6 nitrogen and oxygen atoms in total. The predicted molar refractivity (Wildman–Crippen MR) is 101 cm³/mol. The number of morpholine rings is 1. The van der Waals surface area contributed by atoms with E-state index in [1.807, 2.05) is 0 Å². The quantitative estimate of drug-likeness (QED) is 0.368. The van der Waals surface area contributed by atoms with Crippen LogP contribution in [0.2, 0.25) is 0 Å². The first-order valence-corrected chi connectivity index (χ1v) is 8.33. The Morgan fingerprint density at radius 2 is 2.00 bits per heavy atom. The van der Waals surface area contributed by atoms with Crippen molar-refractivity contribution in [3.8, 4) is 0 Å². The van der Waals surface area contributed by atoms with Gasteiger partial charge >= 0.3 is 6.18 Å². The van der Waals surface area contributed by atoms with Crippen molar-refractivity contribution in [3.05, 3.63) is 0 Å². The summed E-state index contributed by atoms with van der Waals surface area (Å²) >= 11 is 0. The lowest BCUT2D eigenvalue weighted by atomic mass is 10.1. The molecule has 1 N–H and O–H groups in total. The van der Waals surface area contributed by atoms with Crippen LogP contribution in [0, 0.1) is 0 Å². The van der Waals surface area contributed by atoms with Crippen LogP contribution in [-0.4, -0.2) is 94.2 Å². The summed E-state index contributed by atoms with van der Waals surface area (Å²) in [7, 11) is 3.14. The first-order chi connectivity index (χ1) is 11.4. The third-order valence-electron chi connectivity index (χ3n) is 4.21. The highest BCUT2D eigenvalue weighted by Gasteiger charge is 2.32. The van der Waals surface area contributed by atoms with E-state index in [1.165, 1.54) is 11.9 Å². The third kappa shape index (κ3) is 7.83. The van der Waals surface area contributed by atoms with Crippen LogP contribution in [0.3, 0.4) is 0 Å². The molecule has 0 aromatic carbocycles. The highest BCUT2D eigenvalue weighted by atomic mass is 127. The van der Waals surface area contributed by atoms with E-state index in [2.05, 4.69) is 15.2 Å². The van der Waals surface area contributed by atoms with E-state index < -0.39 is 12.7 Å². The fourth-order valence-electron chi connectivity index (χ4n) is 3.06. The molecule has 2 fully saturated rings. The normalized spacial score (nSPS) is 25.2. The fraction of sp³-hybridized carbons (Fsp3) is 0.933. The summed E-state index contributed by atoms with van der Waals surface area (Å²) in [5.41, 5.74) is 0. The van der Waals surface area contributed by atoms with Gasteiger partial charge in [-0.15, -0.1) is 24.0 Å². The standard InChI is InChI=1S/C15H27F3N4O2.HI/c1-19-14(20-5-6-21(2)11-15(16,17)18)22-7-9-24-13(10-22)12-4-3-8-23-12;/h12-13H,3-11H2,1-2H3,(H,19,20);1H. The number of alkyl halides is 3. The summed E-state index contributed by atoms with van der Waals surface area (Å²) in [6, 6.07) is 0. The van der Waals surface area contributed by atoms with Crippen LogP contribution in [0.15, 0.2) is 4.99 Å². The smallest absolute Gasteiger partial charge is 0.375 e. The van der Waals surface area contributed by atoms with E-state index >= 15 is 0 Å². The van der Waals surface area contributed by atoms with Crippen molar-refractivity contribution in [1.82, 2.24) is 15.1 Å². The Balaban J connectivity index is 0.00000312. The van der Waals surface area contributed by atoms with Crippen LogP contribution in [0.4, 0.5) is 13.2 Å². The molecule has 10 heteroatoms. The molecule has 25 heavy (non-hydrogen) atoms. The van der Waals surface area contributed by atoms with E-state index in [-0.39, 0.29) is 42.7 Å². The molecule has 2 heterocycles.